The SMILES string of the molecule is Cc1nc2cc(NC(=O)C(C)C)cc(C(=O)N(C)Cc3n[nH]c4c3CCCC4)c2n1Cc1ccccc1. The van der Waals surface area contributed by atoms with E-state index in [0.29, 0.717) is 29.9 Å². The van der Waals surface area contributed by atoms with Gasteiger partial charge >= 0.3 is 0 Å². The Bertz CT molecular complexity index is 1450. The average molecular weight is 499 g/mol. The average Bonchev–Trinajstić information content (AvgIpc) is 3.44. The number of imidazole rings is 1. The van der Waals surface area contributed by atoms with Crippen LogP contribution in [0.4, 0.5) is 5.69 Å². The van der Waals surface area contributed by atoms with Gasteiger partial charge in [-0.3, -0.25) is 14.7 Å². The monoisotopic (exact) mass is 498 g/mol. The molecule has 8 heteroatoms. The lowest BCUT2D eigenvalue weighted by atomic mass is 9.96. The van der Waals surface area contributed by atoms with Gasteiger partial charge in [-0.25, -0.2) is 4.98 Å². The Balaban J connectivity index is 1.55. The van der Waals surface area contributed by atoms with E-state index in [0.717, 1.165) is 41.9 Å². The van der Waals surface area contributed by atoms with Gasteiger partial charge in [-0.2, -0.15) is 5.10 Å². The second-order valence-electron chi connectivity index (χ2n) is 10.3. The Morgan fingerprint density at radius 3 is 2.65 bits per heavy atom. The Morgan fingerprint density at radius 2 is 1.89 bits per heavy atom. The van der Waals surface area contributed by atoms with Crippen molar-refractivity contribution in [3.63, 3.8) is 0 Å². The van der Waals surface area contributed by atoms with E-state index in [4.69, 9.17) is 4.98 Å². The molecule has 0 atom stereocenters. The maximum absolute atomic E-state index is 14.0. The first kappa shape index (κ1) is 24.7. The molecule has 0 bridgehead atoms. The fraction of sp³-hybridized carbons (Fsp3) is 0.379. The number of fused-ring (bicyclic) bond motifs is 2. The van der Waals surface area contributed by atoms with Gasteiger partial charge in [0.2, 0.25) is 5.91 Å². The number of aromatic amines is 1. The minimum Gasteiger partial charge on any atom is -0.336 e. The number of nitrogens with one attached hydrogen (secondary N) is 2. The van der Waals surface area contributed by atoms with E-state index >= 15 is 0 Å². The summed E-state index contributed by atoms with van der Waals surface area (Å²) in [6.07, 6.45) is 4.32. The van der Waals surface area contributed by atoms with Gasteiger partial charge in [0.1, 0.15) is 5.82 Å². The Hall–Kier alpha value is -3.94. The van der Waals surface area contributed by atoms with Crippen LogP contribution in [0.15, 0.2) is 42.5 Å². The van der Waals surface area contributed by atoms with E-state index in [1.807, 2.05) is 52.1 Å². The van der Waals surface area contributed by atoms with Crippen molar-refractivity contribution in [1.29, 1.82) is 0 Å². The molecular weight excluding hydrogens is 464 g/mol. The largest absolute Gasteiger partial charge is 0.336 e. The number of aromatic nitrogens is 4. The molecule has 8 nitrogen and oxygen atoms in total. The van der Waals surface area contributed by atoms with Gasteiger partial charge in [-0.05, 0) is 55.9 Å². The summed E-state index contributed by atoms with van der Waals surface area (Å²) in [5.41, 5.74) is 7.04. The molecule has 1 aliphatic carbocycles. The summed E-state index contributed by atoms with van der Waals surface area (Å²) in [6, 6.07) is 13.8. The standard InChI is InChI=1S/C29H34N6O2/c1-18(2)28(36)31-21-14-23(29(37)34(4)17-26-22-12-8-9-13-24(22)32-33-26)27-25(15-21)30-19(3)35(27)16-20-10-6-5-7-11-20/h5-7,10-11,14-15,18H,8-9,12-13,16-17H2,1-4H3,(H,31,36)(H,32,33). The van der Waals surface area contributed by atoms with Crippen molar-refractivity contribution in [2.75, 3.05) is 12.4 Å². The molecular formula is C29H34N6O2. The zero-order chi connectivity index (χ0) is 26.1. The predicted octanol–water partition coefficient (Wildman–Crippen LogP) is 4.86. The van der Waals surface area contributed by atoms with Crippen LogP contribution in [-0.2, 0) is 30.7 Å². The lowest BCUT2D eigenvalue weighted by Gasteiger charge is -2.20. The van der Waals surface area contributed by atoms with E-state index < -0.39 is 0 Å². The molecule has 0 spiro atoms. The number of aryl methyl sites for hydroxylation is 2. The molecule has 0 fully saturated rings. The number of rotatable bonds is 7. The van der Waals surface area contributed by atoms with Crippen LogP contribution in [0.25, 0.3) is 11.0 Å². The van der Waals surface area contributed by atoms with Gasteiger partial charge < -0.3 is 14.8 Å². The highest BCUT2D eigenvalue weighted by molar-refractivity contribution is 6.07. The van der Waals surface area contributed by atoms with E-state index in [2.05, 4.69) is 32.2 Å². The summed E-state index contributed by atoms with van der Waals surface area (Å²) in [4.78, 5) is 32.9. The second kappa shape index (κ2) is 10.2. The number of hydrogen-bond acceptors (Lipinski definition) is 4. The summed E-state index contributed by atoms with van der Waals surface area (Å²) in [7, 11) is 1.81. The quantitative estimate of drug-likeness (QED) is 0.380. The maximum Gasteiger partial charge on any atom is 0.256 e. The zero-order valence-corrected chi connectivity index (χ0v) is 22.0. The van der Waals surface area contributed by atoms with Crippen molar-refractivity contribution in [3.8, 4) is 0 Å². The number of hydrogen-bond donors (Lipinski definition) is 2. The first-order chi connectivity index (χ1) is 17.8. The van der Waals surface area contributed by atoms with Crippen molar-refractivity contribution in [2.24, 2.45) is 5.92 Å². The van der Waals surface area contributed by atoms with Crippen LogP contribution >= 0.6 is 0 Å². The molecule has 0 saturated carbocycles. The minimum absolute atomic E-state index is 0.102. The van der Waals surface area contributed by atoms with E-state index in [9.17, 15) is 9.59 Å². The Kier molecular flexibility index (Phi) is 6.82. The smallest absolute Gasteiger partial charge is 0.256 e. The number of nitrogens with zero attached hydrogens (tertiary/aromatic N) is 4. The lowest BCUT2D eigenvalue weighted by molar-refractivity contribution is -0.118. The summed E-state index contributed by atoms with van der Waals surface area (Å²) >= 11 is 0. The summed E-state index contributed by atoms with van der Waals surface area (Å²) in [5.74, 6) is 0.395. The van der Waals surface area contributed by atoms with Crippen molar-refractivity contribution >= 4 is 28.5 Å². The molecule has 1 aliphatic rings. The molecule has 2 N–H and O–H groups in total. The van der Waals surface area contributed by atoms with E-state index in [-0.39, 0.29) is 17.7 Å². The predicted molar refractivity (Wildman–Crippen MR) is 145 cm³/mol. The highest BCUT2D eigenvalue weighted by atomic mass is 16.2. The third-order valence-electron chi connectivity index (χ3n) is 7.11. The first-order valence-electron chi connectivity index (χ1n) is 13.0. The van der Waals surface area contributed by atoms with Crippen LogP contribution in [-0.4, -0.2) is 43.5 Å². The molecule has 0 saturated heterocycles. The Labute approximate surface area is 217 Å². The van der Waals surface area contributed by atoms with Crippen LogP contribution in [0.1, 0.15) is 65.4 Å². The first-order valence-corrected chi connectivity index (χ1v) is 13.0. The maximum atomic E-state index is 14.0. The molecule has 2 amide bonds. The molecule has 37 heavy (non-hydrogen) atoms. The molecule has 2 aromatic heterocycles. The fourth-order valence-corrected chi connectivity index (χ4v) is 5.05. The molecule has 0 unspecified atom stereocenters. The molecule has 5 rings (SSSR count). The van der Waals surface area contributed by atoms with Crippen LogP contribution < -0.4 is 5.32 Å². The topological polar surface area (TPSA) is 95.9 Å². The molecule has 4 aromatic rings. The third-order valence-corrected chi connectivity index (χ3v) is 7.11. The number of H-pyrrole nitrogens is 1. The summed E-state index contributed by atoms with van der Waals surface area (Å²) in [5, 5.41) is 10.7. The lowest BCUT2D eigenvalue weighted by Crippen LogP contribution is -2.28. The summed E-state index contributed by atoms with van der Waals surface area (Å²) in [6.45, 7) is 6.65. The molecule has 2 aromatic carbocycles. The van der Waals surface area contributed by atoms with Crippen LogP contribution in [0, 0.1) is 12.8 Å². The highest BCUT2D eigenvalue weighted by Gasteiger charge is 2.24. The van der Waals surface area contributed by atoms with Gasteiger partial charge in [0.15, 0.2) is 0 Å². The van der Waals surface area contributed by atoms with Crippen molar-refractivity contribution < 1.29 is 9.59 Å². The normalized spacial score (nSPS) is 13.1. The molecule has 2 heterocycles. The highest BCUT2D eigenvalue weighted by Crippen LogP contribution is 2.29. The van der Waals surface area contributed by atoms with Crippen LogP contribution in [0.5, 0.6) is 0 Å². The molecule has 192 valence electrons. The third kappa shape index (κ3) is 5.01. The number of carbonyl (C=O) groups excluding carboxylic acids is 2. The molecule has 0 aliphatic heterocycles. The Morgan fingerprint density at radius 1 is 1.14 bits per heavy atom. The number of benzene rings is 2. The molecule has 0 radical (unpaired) electrons. The van der Waals surface area contributed by atoms with E-state index in [1.165, 1.54) is 17.7 Å². The van der Waals surface area contributed by atoms with Gasteiger partial charge in [-0.1, -0.05) is 44.2 Å². The van der Waals surface area contributed by atoms with Crippen molar-refractivity contribution in [2.45, 2.75) is 59.5 Å². The van der Waals surface area contributed by atoms with Crippen molar-refractivity contribution in [1.82, 2.24) is 24.6 Å². The minimum atomic E-state index is -0.180. The summed E-state index contributed by atoms with van der Waals surface area (Å²) < 4.78 is 2.08. The van der Waals surface area contributed by atoms with Gasteiger partial charge in [0.05, 0.1) is 28.8 Å². The van der Waals surface area contributed by atoms with E-state index in [1.54, 1.807) is 11.0 Å². The number of carbonyl (C=O) groups is 2. The van der Waals surface area contributed by atoms with Gasteiger partial charge in [0.25, 0.3) is 5.91 Å². The van der Waals surface area contributed by atoms with Crippen LogP contribution in [0.2, 0.25) is 0 Å². The van der Waals surface area contributed by atoms with Gasteiger partial charge in [0, 0.05) is 30.9 Å². The zero-order valence-electron chi connectivity index (χ0n) is 22.0. The fourth-order valence-electron chi connectivity index (χ4n) is 5.05. The van der Waals surface area contributed by atoms with Crippen molar-refractivity contribution in [3.05, 3.63) is 76.4 Å². The van der Waals surface area contributed by atoms with Crippen LogP contribution in [0.3, 0.4) is 0 Å². The second-order valence-corrected chi connectivity index (χ2v) is 10.3. The number of anilines is 1. The number of amides is 2. The van der Waals surface area contributed by atoms with Gasteiger partial charge in [-0.15, -0.1) is 0 Å².